The summed E-state index contributed by atoms with van der Waals surface area (Å²) in [5.74, 6) is 0.220. The van der Waals surface area contributed by atoms with E-state index in [1.54, 1.807) is 6.42 Å². The lowest BCUT2D eigenvalue weighted by Crippen LogP contribution is -2.39. The smallest absolute Gasteiger partial charge is 0.0492 e. The Kier molecular flexibility index (Phi) is 2.25. The Morgan fingerprint density at radius 2 is 1.82 bits per heavy atom. The van der Waals surface area contributed by atoms with Crippen molar-refractivity contribution in [2.24, 2.45) is 11.8 Å². The molecule has 0 saturated heterocycles. The standard InChI is InChI=1S/C9H15O2/c1-5-4-8(10)6(2)7(3)9(5)11/h4,6-11H,1H2,2-3H3/q-1. The molecule has 2 heteroatoms. The van der Waals surface area contributed by atoms with E-state index in [2.05, 4.69) is 6.58 Å². The molecular formula is C9H15O2-. The predicted molar refractivity (Wildman–Crippen MR) is 43.8 cm³/mol. The predicted octanol–water partition coefficient (Wildman–Crippen LogP) is 0.754. The van der Waals surface area contributed by atoms with Crippen LogP contribution in [0.4, 0.5) is 0 Å². The van der Waals surface area contributed by atoms with Gasteiger partial charge in [-0.3, -0.25) is 0 Å². The van der Waals surface area contributed by atoms with E-state index in [4.69, 9.17) is 0 Å². The zero-order valence-corrected chi connectivity index (χ0v) is 6.99. The second kappa shape index (κ2) is 2.88. The highest BCUT2D eigenvalue weighted by Gasteiger charge is 2.29. The summed E-state index contributed by atoms with van der Waals surface area (Å²) in [7, 11) is 0. The fraction of sp³-hybridized carbons (Fsp3) is 0.667. The first-order valence-corrected chi connectivity index (χ1v) is 3.94. The van der Waals surface area contributed by atoms with Gasteiger partial charge in [0.05, 0.1) is 0 Å². The summed E-state index contributed by atoms with van der Waals surface area (Å²) in [6, 6.07) is 0. The Morgan fingerprint density at radius 3 is 2.36 bits per heavy atom. The monoisotopic (exact) mass is 155 g/mol. The van der Waals surface area contributed by atoms with Crippen molar-refractivity contribution in [1.82, 2.24) is 0 Å². The number of rotatable bonds is 0. The molecule has 4 atom stereocenters. The van der Waals surface area contributed by atoms with Crippen LogP contribution in [-0.4, -0.2) is 22.4 Å². The summed E-state index contributed by atoms with van der Waals surface area (Å²) in [6.07, 6.45) is 0.712. The molecular weight excluding hydrogens is 140 g/mol. The van der Waals surface area contributed by atoms with Crippen LogP contribution in [-0.2, 0) is 0 Å². The molecule has 1 saturated carbocycles. The van der Waals surface area contributed by atoms with Crippen molar-refractivity contribution in [2.75, 3.05) is 0 Å². The minimum Gasteiger partial charge on any atom is -0.407 e. The Balaban J connectivity index is 2.70. The average molecular weight is 155 g/mol. The quantitative estimate of drug-likeness (QED) is 0.507. The van der Waals surface area contributed by atoms with E-state index in [1.165, 1.54) is 0 Å². The summed E-state index contributed by atoms with van der Waals surface area (Å²) in [5.41, 5.74) is 0.642. The van der Waals surface area contributed by atoms with Crippen LogP contribution in [0.3, 0.4) is 0 Å². The lowest BCUT2D eigenvalue weighted by molar-refractivity contribution is 0.0310. The molecule has 11 heavy (non-hydrogen) atoms. The maximum Gasteiger partial charge on any atom is 0.0492 e. The Morgan fingerprint density at radius 1 is 1.27 bits per heavy atom. The van der Waals surface area contributed by atoms with E-state index in [-0.39, 0.29) is 11.8 Å². The van der Waals surface area contributed by atoms with Gasteiger partial charge in [0, 0.05) is 12.2 Å². The molecule has 0 amide bonds. The first-order valence-electron chi connectivity index (χ1n) is 3.94. The van der Waals surface area contributed by atoms with E-state index in [9.17, 15) is 10.2 Å². The maximum absolute atomic E-state index is 9.49. The molecule has 1 aliphatic carbocycles. The molecule has 0 spiro atoms. The molecule has 1 aliphatic rings. The lowest BCUT2D eigenvalue weighted by atomic mass is 9.75. The molecule has 0 aromatic heterocycles. The van der Waals surface area contributed by atoms with Crippen LogP contribution in [0.25, 0.3) is 0 Å². The van der Waals surface area contributed by atoms with Crippen LogP contribution >= 0.6 is 0 Å². The van der Waals surface area contributed by atoms with E-state index < -0.39 is 12.2 Å². The van der Waals surface area contributed by atoms with E-state index in [0.29, 0.717) is 5.57 Å². The molecule has 0 aromatic rings. The van der Waals surface area contributed by atoms with Crippen molar-refractivity contribution in [1.29, 1.82) is 0 Å². The Labute approximate surface area is 67.6 Å². The van der Waals surface area contributed by atoms with Crippen LogP contribution in [0.1, 0.15) is 13.8 Å². The average Bonchev–Trinajstić information content (AvgIpc) is 1.97. The SMILES string of the molecule is C=C1[CH-]C(O)C(C)C(C)C1O. The van der Waals surface area contributed by atoms with Crippen molar-refractivity contribution < 1.29 is 10.2 Å². The zero-order valence-electron chi connectivity index (χ0n) is 6.99. The minimum atomic E-state index is -0.478. The second-order valence-corrected chi connectivity index (χ2v) is 3.40. The second-order valence-electron chi connectivity index (χ2n) is 3.40. The van der Waals surface area contributed by atoms with Gasteiger partial charge in [0.1, 0.15) is 0 Å². The highest BCUT2D eigenvalue weighted by atomic mass is 16.3. The molecule has 2 nitrogen and oxygen atoms in total. The minimum absolute atomic E-state index is 0.0995. The molecule has 1 fully saturated rings. The van der Waals surface area contributed by atoms with E-state index in [0.717, 1.165) is 0 Å². The van der Waals surface area contributed by atoms with Gasteiger partial charge in [-0.15, -0.1) is 0 Å². The molecule has 4 unspecified atom stereocenters. The van der Waals surface area contributed by atoms with Crippen LogP contribution < -0.4 is 0 Å². The Hall–Kier alpha value is -0.470. The summed E-state index contributed by atoms with van der Waals surface area (Å²) in [6.45, 7) is 7.52. The third-order valence-electron chi connectivity index (χ3n) is 2.63. The fourth-order valence-electron chi connectivity index (χ4n) is 1.41. The van der Waals surface area contributed by atoms with Crippen molar-refractivity contribution in [3.63, 3.8) is 0 Å². The third-order valence-corrected chi connectivity index (χ3v) is 2.63. The maximum atomic E-state index is 9.49. The molecule has 0 heterocycles. The summed E-state index contributed by atoms with van der Waals surface area (Å²) < 4.78 is 0. The molecule has 0 aromatic carbocycles. The lowest BCUT2D eigenvalue weighted by Gasteiger charge is -2.41. The van der Waals surface area contributed by atoms with Crippen molar-refractivity contribution in [2.45, 2.75) is 26.1 Å². The van der Waals surface area contributed by atoms with Gasteiger partial charge in [-0.1, -0.05) is 13.8 Å². The fourth-order valence-corrected chi connectivity index (χ4v) is 1.41. The third kappa shape index (κ3) is 1.42. The van der Waals surface area contributed by atoms with Gasteiger partial charge in [-0.2, -0.15) is 12.0 Å². The summed E-state index contributed by atoms with van der Waals surface area (Å²) in [5, 5.41) is 18.9. The van der Waals surface area contributed by atoms with Gasteiger partial charge in [-0.05, 0) is 11.8 Å². The molecule has 64 valence electrons. The first-order chi connectivity index (χ1) is 5.04. The van der Waals surface area contributed by atoms with Gasteiger partial charge in [0.25, 0.3) is 0 Å². The van der Waals surface area contributed by atoms with Crippen LogP contribution in [0.2, 0.25) is 0 Å². The molecule has 0 bridgehead atoms. The normalized spacial score (nSPS) is 45.3. The number of aliphatic hydroxyl groups is 2. The largest absolute Gasteiger partial charge is 0.407 e. The molecule has 0 radical (unpaired) electrons. The van der Waals surface area contributed by atoms with E-state index >= 15 is 0 Å². The van der Waals surface area contributed by atoms with Gasteiger partial charge in [0.2, 0.25) is 0 Å². The van der Waals surface area contributed by atoms with Crippen LogP contribution in [0.15, 0.2) is 12.2 Å². The van der Waals surface area contributed by atoms with Gasteiger partial charge >= 0.3 is 0 Å². The summed E-state index contributed by atoms with van der Waals surface area (Å²) >= 11 is 0. The molecule has 0 aliphatic heterocycles. The number of aliphatic hydroxyl groups excluding tert-OH is 2. The first kappa shape index (κ1) is 8.62. The Bertz CT molecular complexity index is 165. The van der Waals surface area contributed by atoms with E-state index in [1.807, 2.05) is 13.8 Å². The topological polar surface area (TPSA) is 40.5 Å². The van der Waals surface area contributed by atoms with Crippen molar-refractivity contribution >= 4 is 0 Å². The van der Waals surface area contributed by atoms with Crippen LogP contribution in [0, 0.1) is 18.3 Å². The van der Waals surface area contributed by atoms with Crippen molar-refractivity contribution in [3.8, 4) is 0 Å². The van der Waals surface area contributed by atoms with Gasteiger partial charge < -0.3 is 10.2 Å². The highest BCUT2D eigenvalue weighted by Crippen LogP contribution is 2.31. The molecule has 2 N–H and O–H groups in total. The summed E-state index contributed by atoms with van der Waals surface area (Å²) in [4.78, 5) is 0. The van der Waals surface area contributed by atoms with Crippen LogP contribution in [0.5, 0.6) is 0 Å². The van der Waals surface area contributed by atoms with Gasteiger partial charge in [-0.25, -0.2) is 6.58 Å². The van der Waals surface area contributed by atoms with Gasteiger partial charge in [0.15, 0.2) is 0 Å². The zero-order chi connectivity index (χ0) is 8.59. The molecule has 1 rings (SSSR count). The van der Waals surface area contributed by atoms with Crippen molar-refractivity contribution in [3.05, 3.63) is 18.6 Å². The highest BCUT2D eigenvalue weighted by molar-refractivity contribution is 5.22. The number of hydrogen-bond donors (Lipinski definition) is 2. The number of hydrogen-bond acceptors (Lipinski definition) is 2.